The highest BCUT2D eigenvalue weighted by atomic mass is 19.1. The molecule has 2 aromatic carbocycles. The molecule has 0 atom stereocenters. The second-order valence-corrected chi connectivity index (χ2v) is 6.83. The molecule has 0 unspecified atom stereocenters. The molecule has 0 saturated carbocycles. The normalized spacial score (nSPS) is 17.4. The predicted octanol–water partition coefficient (Wildman–Crippen LogP) is 3.40. The predicted molar refractivity (Wildman–Crippen MR) is 86.1 cm³/mol. The standard InChI is InChI=1S/C19H18FN/c1-11-10-19(2,3)21-18-8-13-6-12-7-14(20)4-5-15(12)17(13)9-16(11)18/h4-9,21H,10H2,1-3H3. The Kier molecular flexibility index (Phi) is 2.39. The van der Waals surface area contributed by atoms with Crippen molar-refractivity contribution in [2.45, 2.75) is 32.7 Å². The number of anilines is 1. The summed E-state index contributed by atoms with van der Waals surface area (Å²) in [4.78, 5) is 0. The molecule has 0 amide bonds. The molecule has 0 aromatic heterocycles. The zero-order valence-electron chi connectivity index (χ0n) is 12.5. The first-order valence-corrected chi connectivity index (χ1v) is 7.37. The molecule has 1 aliphatic carbocycles. The van der Waals surface area contributed by atoms with Crippen molar-refractivity contribution in [3.8, 4) is 11.1 Å². The van der Waals surface area contributed by atoms with E-state index in [-0.39, 0.29) is 11.4 Å². The van der Waals surface area contributed by atoms with Crippen molar-refractivity contribution >= 4 is 17.3 Å². The van der Waals surface area contributed by atoms with Gasteiger partial charge in [0.05, 0.1) is 0 Å². The van der Waals surface area contributed by atoms with Gasteiger partial charge in [-0.25, -0.2) is 4.39 Å². The van der Waals surface area contributed by atoms with Gasteiger partial charge in [0, 0.05) is 11.2 Å². The van der Waals surface area contributed by atoms with Crippen LogP contribution in [0.1, 0.15) is 32.8 Å². The summed E-state index contributed by atoms with van der Waals surface area (Å²) in [6.07, 6.45) is 3.12. The van der Waals surface area contributed by atoms with Crippen LogP contribution in [0.5, 0.6) is 0 Å². The minimum atomic E-state index is -0.176. The molecular formula is C19H18FN. The van der Waals surface area contributed by atoms with Gasteiger partial charge in [-0.2, -0.15) is 0 Å². The Balaban J connectivity index is 2.01. The van der Waals surface area contributed by atoms with E-state index in [0.29, 0.717) is 0 Å². The summed E-state index contributed by atoms with van der Waals surface area (Å²) >= 11 is 0. The SMILES string of the molecule is CC1=c2cc3c(cc2NC(C)(C)C1)=Cc1cc(F)ccc1-3. The molecule has 1 N–H and O–H groups in total. The van der Waals surface area contributed by atoms with Crippen molar-refractivity contribution < 1.29 is 4.39 Å². The maximum absolute atomic E-state index is 13.4. The van der Waals surface area contributed by atoms with Crippen molar-refractivity contribution in [1.29, 1.82) is 0 Å². The highest BCUT2D eigenvalue weighted by molar-refractivity contribution is 5.84. The van der Waals surface area contributed by atoms with Crippen molar-refractivity contribution in [2.75, 3.05) is 5.32 Å². The van der Waals surface area contributed by atoms with Crippen LogP contribution in [0.4, 0.5) is 10.1 Å². The lowest BCUT2D eigenvalue weighted by Crippen LogP contribution is -2.39. The summed E-state index contributed by atoms with van der Waals surface area (Å²) in [6, 6.07) is 9.49. The Morgan fingerprint density at radius 1 is 1.10 bits per heavy atom. The highest BCUT2D eigenvalue weighted by Crippen LogP contribution is 2.30. The average Bonchev–Trinajstić information content (AvgIpc) is 2.71. The summed E-state index contributed by atoms with van der Waals surface area (Å²) < 4.78 is 13.4. The highest BCUT2D eigenvalue weighted by Gasteiger charge is 2.24. The lowest BCUT2D eigenvalue weighted by molar-refractivity contribution is 0.573. The van der Waals surface area contributed by atoms with Gasteiger partial charge in [-0.1, -0.05) is 11.6 Å². The zero-order chi connectivity index (χ0) is 14.8. The fourth-order valence-corrected chi connectivity index (χ4v) is 3.66. The molecule has 0 radical (unpaired) electrons. The molecule has 1 heterocycles. The molecule has 0 spiro atoms. The number of hydrogen-bond donors (Lipinski definition) is 1. The molecule has 21 heavy (non-hydrogen) atoms. The number of benzene rings is 2. The average molecular weight is 279 g/mol. The molecule has 0 saturated heterocycles. The molecule has 4 rings (SSSR count). The maximum atomic E-state index is 13.4. The monoisotopic (exact) mass is 279 g/mol. The van der Waals surface area contributed by atoms with Gasteiger partial charge < -0.3 is 5.32 Å². The molecule has 1 nitrogen and oxygen atoms in total. The Labute approximate surface area is 123 Å². The van der Waals surface area contributed by atoms with Crippen LogP contribution in [0.2, 0.25) is 0 Å². The van der Waals surface area contributed by atoms with Crippen LogP contribution in [0.3, 0.4) is 0 Å². The van der Waals surface area contributed by atoms with E-state index in [9.17, 15) is 4.39 Å². The molecule has 0 bridgehead atoms. The van der Waals surface area contributed by atoms with Crippen molar-refractivity contribution in [3.63, 3.8) is 0 Å². The van der Waals surface area contributed by atoms with Crippen molar-refractivity contribution in [3.05, 3.63) is 52.1 Å². The van der Waals surface area contributed by atoms with Crippen LogP contribution in [0, 0.1) is 5.82 Å². The number of halogens is 1. The minimum absolute atomic E-state index is 0.0862. The van der Waals surface area contributed by atoms with Gasteiger partial charge in [0.2, 0.25) is 0 Å². The van der Waals surface area contributed by atoms with Crippen LogP contribution >= 0.6 is 0 Å². The number of rotatable bonds is 0. The topological polar surface area (TPSA) is 12.0 Å². The summed E-state index contributed by atoms with van der Waals surface area (Å²) in [5.41, 5.74) is 6.00. The van der Waals surface area contributed by atoms with Gasteiger partial charge in [0.15, 0.2) is 0 Å². The molecular weight excluding hydrogens is 261 g/mol. The third kappa shape index (κ3) is 1.90. The first-order chi connectivity index (χ1) is 9.93. The maximum Gasteiger partial charge on any atom is 0.123 e. The van der Waals surface area contributed by atoms with Crippen molar-refractivity contribution in [1.82, 2.24) is 0 Å². The largest absolute Gasteiger partial charge is 0.379 e. The fraction of sp³-hybridized carbons (Fsp3) is 0.263. The summed E-state index contributed by atoms with van der Waals surface area (Å²) in [7, 11) is 0. The fourth-order valence-electron chi connectivity index (χ4n) is 3.66. The number of nitrogens with one attached hydrogen (secondary N) is 1. The quantitative estimate of drug-likeness (QED) is 0.665. The van der Waals surface area contributed by atoms with Gasteiger partial charge in [0.1, 0.15) is 5.82 Å². The Morgan fingerprint density at radius 3 is 2.71 bits per heavy atom. The van der Waals surface area contributed by atoms with E-state index in [2.05, 4.69) is 44.3 Å². The summed E-state index contributed by atoms with van der Waals surface area (Å²) in [6.45, 7) is 6.65. The van der Waals surface area contributed by atoms with E-state index in [1.807, 2.05) is 6.07 Å². The molecule has 1 aliphatic heterocycles. The van der Waals surface area contributed by atoms with Gasteiger partial charge in [-0.15, -0.1) is 0 Å². The molecule has 2 aromatic rings. The molecule has 2 heteroatoms. The van der Waals surface area contributed by atoms with Crippen LogP contribution in [-0.4, -0.2) is 5.54 Å². The third-order valence-electron chi connectivity index (χ3n) is 4.44. The van der Waals surface area contributed by atoms with Crippen LogP contribution in [0.15, 0.2) is 30.3 Å². The van der Waals surface area contributed by atoms with Crippen molar-refractivity contribution in [2.24, 2.45) is 0 Å². The van der Waals surface area contributed by atoms with Crippen LogP contribution in [0.25, 0.3) is 22.8 Å². The summed E-state index contributed by atoms with van der Waals surface area (Å²) in [5, 5.41) is 6.08. The van der Waals surface area contributed by atoms with Gasteiger partial charge in [-0.05, 0) is 84.7 Å². The van der Waals surface area contributed by atoms with E-state index >= 15 is 0 Å². The first kappa shape index (κ1) is 12.6. The number of fused-ring (bicyclic) bond motifs is 4. The third-order valence-corrected chi connectivity index (χ3v) is 4.44. The Bertz CT molecular complexity index is 891. The summed E-state index contributed by atoms with van der Waals surface area (Å²) in [5.74, 6) is -0.176. The van der Waals surface area contributed by atoms with Gasteiger partial charge in [-0.3, -0.25) is 0 Å². The second-order valence-electron chi connectivity index (χ2n) is 6.83. The number of hydrogen-bond acceptors (Lipinski definition) is 1. The van der Waals surface area contributed by atoms with E-state index in [0.717, 1.165) is 17.5 Å². The van der Waals surface area contributed by atoms with E-state index < -0.39 is 0 Å². The van der Waals surface area contributed by atoms with E-state index in [1.165, 1.54) is 27.3 Å². The zero-order valence-corrected chi connectivity index (χ0v) is 12.5. The Morgan fingerprint density at radius 2 is 1.90 bits per heavy atom. The van der Waals surface area contributed by atoms with Gasteiger partial charge in [0.25, 0.3) is 0 Å². The molecule has 106 valence electrons. The second kappa shape index (κ2) is 3.97. The smallest absolute Gasteiger partial charge is 0.123 e. The van der Waals surface area contributed by atoms with Crippen LogP contribution in [-0.2, 0) is 0 Å². The molecule has 2 aliphatic rings. The van der Waals surface area contributed by atoms with Crippen LogP contribution < -0.4 is 15.8 Å². The van der Waals surface area contributed by atoms with E-state index in [4.69, 9.17) is 0 Å². The molecule has 0 fully saturated rings. The minimum Gasteiger partial charge on any atom is -0.379 e. The Hall–Kier alpha value is -2.09. The lowest BCUT2D eigenvalue weighted by Gasteiger charge is -2.32. The lowest BCUT2D eigenvalue weighted by atomic mass is 9.89. The van der Waals surface area contributed by atoms with E-state index in [1.54, 1.807) is 12.1 Å². The first-order valence-electron chi connectivity index (χ1n) is 7.37. The van der Waals surface area contributed by atoms with Gasteiger partial charge >= 0.3 is 0 Å².